The number of ether oxygens (including phenoxy) is 3. The Morgan fingerprint density at radius 2 is 1.83 bits per heavy atom. The number of rotatable bonds is 8. The number of benzene rings is 1. The Morgan fingerprint density at radius 3 is 2.48 bits per heavy atom. The number of carbonyl (C=O) groups is 4. The average Bonchev–Trinajstić information content (AvgIpc) is 4.01. The van der Waals surface area contributed by atoms with Crippen molar-refractivity contribution in [2.24, 2.45) is 17.8 Å². The Hall–Kier alpha value is -4.39. The van der Waals surface area contributed by atoms with E-state index in [1.165, 1.54) is 13.3 Å². The van der Waals surface area contributed by atoms with Gasteiger partial charge in [0.1, 0.15) is 29.5 Å². The zero-order chi connectivity index (χ0) is 42.6. The van der Waals surface area contributed by atoms with Gasteiger partial charge in [-0.2, -0.15) is 13.2 Å². The van der Waals surface area contributed by atoms with E-state index in [4.69, 9.17) is 25.8 Å². The number of sulfonamides is 1. The molecule has 1 aromatic carbocycles. The number of aromatic nitrogens is 1. The van der Waals surface area contributed by atoms with Gasteiger partial charge in [0.25, 0.3) is 15.9 Å². The summed E-state index contributed by atoms with van der Waals surface area (Å²) in [6, 6.07) is 2.05. The largest absolute Gasteiger partial charge is 0.494 e. The van der Waals surface area contributed by atoms with E-state index in [-0.39, 0.29) is 44.0 Å². The third-order valence-corrected chi connectivity index (χ3v) is 13.5. The van der Waals surface area contributed by atoms with Gasteiger partial charge < -0.3 is 29.7 Å². The highest BCUT2D eigenvalue weighted by Crippen LogP contribution is 2.48. The zero-order valence-corrected chi connectivity index (χ0v) is 34.0. The molecular weight excluding hydrogens is 814 g/mol. The summed E-state index contributed by atoms with van der Waals surface area (Å²) in [6.45, 7) is 4.57. The summed E-state index contributed by atoms with van der Waals surface area (Å²) in [6.07, 6.45) is -2.06. The molecule has 58 heavy (non-hydrogen) atoms. The van der Waals surface area contributed by atoms with Gasteiger partial charge in [-0.3, -0.25) is 14.4 Å². The SMILES string of the molecule is COc1cnc(O[C@@H]2C[C@H]3C(=O)N[C@]4(C(=O)NS(=O)(=O)C5(F)CC5)C[C@@H]4/C=C\CC[C@@H](C)C[C@@H](C)[C@H](NC(=O)OC(C)(C)C(F)(F)F)C(=O)N3C2)c2cccc(Cl)c12. The molecule has 20 heteroatoms. The zero-order valence-electron chi connectivity index (χ0n) is 32.5. The summed E-state index contributed by atoms with van der Waals surface area (Å²) in [4.78, 5) is 61.5. The summed E-state index contributed by atoms with van der Waals surface area (Å²) >= 11 is 6.49. The van der Waals surface area contributed by atoms with Crippen LogP contribution in [0.5, 0.6) is 11.6 Å². The first-order valence-electron chi connectivity index (χ1n) is 18.9. The third-order valence-electron chi connectivity index (χ3n) is 11.4. The molecule has 0 unspecified atom stereocenters. The van der Waals surface area contributed by atoms with E-state index < -0.39 is 86.2 Å². The standard InChI is InChI=1S/C38H46ClF4N5O9S/c1-20-9-6-7-10-22-17-37(22,33(51)47-58(53,54)36(40)13-14-36)46-30(49)26-16-23(56-31-24-11-8-12-25(39)28(24)27(55-5)18-44-31)19-48(26)32(50)29(21(2)15-20)45-34(52)57-35(3,4)38(41,42)43/h7-8,10-12,18,20-23,26,29H,6,9,13-17,19H2,1-5H3,(H,45,52)(H,46,49)(H,47,51)/b10-7-/t20-,21-,22+,23-,26+,29+,37-/m1/s1. The molecule has 1 aromatic heterocycles. The van der Waals surface area contributed by atoms with Crippen LogP contribution in [0, 0.1) is 17.8 Å². The van der Waals surface area contributed by atoms with E-state index in [1.54, 1.807) is 37.3 Å². The minimum atomic E-state index is -4.94. The first-order valence-corrected chi connectivity index (χ1v) is 20.8. The van der Waals surface area contributed by atoms with Crippen LogP contribution in [-0.2, 0) is 29.1 Å². The highest BCUT2D eigenvalue weighted by molar-refractivity contribution is 7.91. The molecule has 0 bridgehead atoms. The van der Waals surface area contributed by atoms with Crippen molar-refractivity contribution < 1.29 is 59.4 Å². The number of allylic oxidation sites excluding steroid dienone is 1. The molecule has 6 rings (SSSR count). The van der Waals surface area contributed by atoms with Crippen LogP contribution in [0.2, 0.25) is 5.02 Å². The molecule has 2 saturated carbocycles. The van der Waals surface area contributed by atoms with Crippen LogP contribution in [0.4, 0.5) is 22.4 Å². The van der Waals surface area contributed by atoms with Gasteiger partial charge in [-0.15, -0.1) is 0 Å². The van der Waals surface area contributed by atoms with Gasteiger partial charge in [-0.1, -0.05) is 43.7 Å². The summed E-state index contributed by atoms with van der Waals surface area (Å²) in [5, 5.41) is 3.62. The molecule has 3 fully saturated rings. The van der Waals surface area contributed by atoms with Gasteiger partial charge in [-0.05, 0) is 63.5 Å². The smallest absolute Gasteiger partial charge is 0.427 e. The molecule has 0 spiro atoms. The number of hydrogen-bond acceptors (Lipinski definition) is 10. The van der Waals surface area contributed by atoms with Crippen molar-refractivity contribution >= 4 is 56.2 Å². The van der Waals surface area contributed by atoms with Gasteiger partial charge >= 0.3 is 12.3 Å². The van der Waals surface area contributed by atoms with Gasteiger partial charge in [0, 0.05) is 36.0 Å². The van der Waals surface area contributed by atoms with E-state index in [1.807, 2.05) is 11.6 Å². The van der Waals surface area contributed by atoms with E-state index in [0.29, 0.717) is 54.7 Å². The molecule has 2 aliphatic carbocycles. The maximum absolute atomic E-state index is 14.8. The lowest BCUT2D eigenvalue weighted by atomic mass is 9.88. The number of hydrogen-bond donors (Lipinski definition) is 3. The van der Waals surface area contributed by atoms with Gasteiger partial charge in [0.05, 0.1) is 24.9 Å². The number of alkyl carbamates (subject to hydrolysis) is 1. The maximum Gasteiger partial charge on any atom is 0.427 e. The molecule has 1 saturated heterocycles. The quantitative estimate of drug-likeness (QED) is 0.227. The first-order chi connectivity index (χ1) is 27.0. The van der Waals surface area contributed by atoms with Gasteiger partial charge in [0.15, 0.2) is 0 Å². The predicted octanol–water partition coefficient (Wildman–Crippen LogP) is 5.47. The number of nitrogens with one attached hydrogen (secondary N) is 3. The number of carbonyl (C=O) groups excluding carboxylic acids is 4. The molecule has 4 amide bonds. The second-order valence-corrected chi connectivity index (χ2v) is 18.6. The minimum absolute atomic E-state index is 0.0312. The van der Waals surface area contributed by atoms with Crippen molar-refractivity contribution in [2.45, 2.75) is 113 Å². The van der Waals surface area contributed by atoms with E-state index in [9.17, 15) is 45.2 Å². The van der Waals surface area contributed by atoms with Crippen LogP contribution in [0.25, 0.3) is 10.8 Å². The second-order valence-electron chi connectivity index (χ2n) is 16.2. The van der Waals surface area contributed by atoms with Crippen LogP contribution >= 0.6 is 11.6 Å². The average molecular weight is 860 g/mol. The molecule has 0 radical (unpaired) electrons. The van der Waals surface area contributed by atoms with Crippen LogP contribution in [-0.4, -0.2) is 96.3 Å². The lowest BCUT2D eigenvalue weighted by molar-refractivity contribution is -0.244. The summed E-state index contributed by atoms with van der Waals surface area (Å²) < 4.78 is 99.9. The lowest BCUT2D eigenvalue weighted by Crippen LogP contribution is -2.59. The normalized spacial score (nSPS) is 29.4. The van der Waals surface area contributed by atoms with E-state index in [2.05, 4.69) is 15.6 Å². The predicted molar refractivity (Wildman–Crippen MR) is 202 cm³/mol. The monoisotopic (exact) mass is 859 g/mol. The number of halogens is 5. The maximum atomic E-state index is 14.8. The number of alkyl halides is 4. The van der Waals surface area contributed by atoms with Crippen LogP contribution in [0.3, 0.4) is 0 Å². The fourth-order valence-corrected chi connectivity index (χ4v) is 9.06. The van der Waals surface area contributed by atoms with Crippen molar-refractivity contribution in [3.05, 3.63) is 41.6 Å². The van der Waals surface area contributed by atoms with Crippen molar-refractivity contribution in [1.29, 1.82) is 0 Å². The topological polar surface area (TPSA) is 182 Å². The fourth-order valence-electron chi connectivity index (χ4n) is 7.54. The third kappa shape index (κ3) is 8.51. The Kier molecular flexibility index (Phi) is 11.7. The van der Waals surface area contributed by atoms with E-state index >= 15 is 0 Å². The lowest BCUT2D eigenvalue weighted by Gasteiger charge is -2.34. The Balaban J connectivity index is 1.36. The number of fused-ring (bicyclic) bond motifs is 3. The molecule has 318 valence electrons. The van der Waals surface area contributed by atoms with Crippen LogP contribution in [0.1, 0.15) is 72.6 Å². The van der Waals surface area contributed by atoms with Crippen LogP contribution < -0.4 is 24.8 Å². The Morgan fingerprint density at radius 1 is 1.12 bits per heavy atom. The summed E-state index contributed by atoms with van der Waals surface area (Å²) in [5.74, 6) is -3.93. The molecule has 4 aliphatic rings. The van der Waals surface area contributed by atoms with Gasteiger partial charge in [0.2, 0.25) is 28.3 Å². The van der Waals surface area contributed by atoms with Crippen LogP contribution in [0.15, 0.2) is 36.5 Å². The van der Waals surface area contributed by atoms with Crippen molar-refractivity contribution in [1.82, 2.24) is 25.2 Å². The molecule has 14 nitrogen and oxygen atoms in total. The molecule has 3 N–H and O–H groups in total. The number of pyridine rings is 1. The summed E-state index contributed by atoms with van der Waals surface area (Å²) in [5.41, 5.74) is -4.74. The Bertz CT molecular complexity index is 2120. The molecule has 7 atom stereocenters. The Labute approximate surface area is 337 Å². The van der Waals surface area contributed by atoms with Gasteiger partial charge in [-0.25, -0.2) is 27.3 Å². The number of nitrogens with zero attached hydrogens (tertiary/aromatic N) is 2. The van der Waals surface area contributed by atoms with Crippen molar-refractivity contribution in [2.75, 3.05) is 13.7 Å². The number of methoxy groups -OCH3 is 1. The van der Waals surface area contributed by atoms with Crippen molar-refractivity contribution in [3.8, 4) is 11.6 Å². The highest BCUT2D eigenvalue weighted by atomic mass is 35.5. The minimum Gasteiger partial charge on any atom is -0.494 e. The second kappa shape index (κ2) is 15.7. The highest BCUT2D eigenvalue weighted by Gasteiger charge is 2.64. The van der Waals surface area contributed by atoms with E-state index in [0.717, 1.165) is 4.90 Å². The number of amides is 4. The summed E-state index contributed by atoms with van der Waals surface area (Å²) in [7, 11) is -3.32. The fraction of sp³-hybridized carbons (Fsp3) is 0.605. The molecular formula is C38H46ClF4N5O9S. The molecule has 2 aromatic rings. The molecule has 2 aliphatic heterocycles. The van der Waals surface area contributed by atoms with Crippen molar-refractivity contribution in [3.63, 3.8) is 0 Å². The molecule has 3 heterocycles. The first kappa shape index (κ1) is 43.2.